The summed E-state index contributed by atoms with van der Waals surface area (Å²) < 4.78 is 20.5. The van der Waals surface area contributed by atoms with E-state index in [4.69, 9.17) is 14.2 Å². The van der Waals surface area contributed by atoms with Gasteiger partial charge in [0.1, 0.15) is 12.4 Å². The molecule has 0 radical (unpaired) electrons. The van der Waals surface area contributed by atoms with Crippen LogP contribution in [0.4, 0.5) is 0 Å². The molecule has 140 valence electrons. The van der Waals surface area contributed by atoms with E-state index in [2.05, 4.69) is 4.74 Å². The average Bonchev–Trinajstić information content (AvgIpc) is 2.62. The maximum Gasteiger partial charge on any atom is 0.337 e. The maximum atomic E-state index is 11.3. The van der Waals surface area contributed by atoms with Crippen molar-refractivity contribution >= 4 is 11.9 Å². The Morgan fingerprint density at radius 3 is 2.32 bits per heavy atom. The topological polar surface area (TPSA) is 71.1 Å². The van der Waals surface area contributed by atoms with Crippen molar-refractivity contribution in [3.63, 3.8) is 0 Å². The van der Waals surface area contributed by atoms with Gasteiger partial charge >= 0.3 is 11.9 Å². The lowest BCUT2D eigenvalue weighted by atomic mass is 10.2. The van der Waals surface area contributed by atoms with Crippen LogP contribution in [0.15, 0.2) is 24.3 Å². The molecule has 0 spiro atoms. The average molecular weight is 352 g/mol. The minimum Gasteiger partial charge on any atom is -0.494 e. The molecule has 6 nitrogen and oxygen atoms in total. The summed E-state index contributed by atoms with van der Waals surface area (Å²) in [4.78, 5) is 22.6. The molecule has 0 aromatic heterocycles. The van der Waals surface area contributed by atoms with Gasteiger partial charge in [-0.25, -0.2) is 9.59 Å². The fourth-order valence-corrected chi connectivity index (χ4v) is 1.93. The molecule has 1 rings (SSSR count). The molecule has 0 fully saturated rings. The van der Waals surface area contributed by atoms with Gasteiger partial charge in [0.15, 0.2) is 0 Å². The van der Waals surface area contributed by atoms with E-state index in [0.29, 0.717) is 31.3 Å². The Hall–Kier alpha value is -2.08. The van der Waals surface area contributed by atoms with E-state index in [1.165, 1.54) is 7.11 Å². The second-order valence-electron chi connectivity index (χ2n) is 6.05. The number of rotatable bonds is 12. The number of hydrogen-bond acceptors (Lipinski definition) is 6. The SMILES string of the molecule is COC(=O)c1ccc(OCCCCCOCC(=O)OCC(C)C)cc1. The van der Waals surface area contributed by atoms with E-state index < -0.39 is 0 Å². The zero-order valence-electron chi connectivity index (χ0n) is 15.3. The van der Waals surface area contributed by atoms with E-state index >= 15 is 0 Å². The molecular formula is C19H28O6. The largest absolute Gasteiger partial charge is 0.494 e. The van der Waals surface area contributed by atoms with Crippen LogP contribution in [0.5, 0.6) is 5.75 Å². The monoisotopic (exact) mass is 352 g/mol. The first-order valence-electron chi connectivity index (χ1n) is 8.57. The Kier molecular flexibility index (Phi) is 10.3. The van der Waals surface area contributed by atoms with Gasteiger partial charge in [0, 0.05) is 6.61 Å². The Bertz CT molecular complexity index is 509. The van der Waals surface area contributed by atoms with Crippen molar-refractivity contribution in [3.05, 3.63) is 29.8 Å². The zero-order valence-corrected chi connectivity index (χ0v) is 15.3. The van der Waals surface area contributed by atoms with E-state index in [1.807, 2.05) is 13.8 Å². The lowest BCUT2D eigenvalue weighted by Gasteiger charge is -2.08. The second kappa shape index (κ2) is 12.3. The standard InChI is InChI=1S/C19H28O6/c1-15(2)13-25-18(20)14-23-11-5-4-6-12-24-17-9-7-16(8-10-17)19(21)22-3/h7-10,15H,4-6,11-14H2,1-3H3. The third-order valence-electron chi connectivity index (χ3n) is 3.27. The first kappa shape index (κ1) is 21.0. The van der Waals surface area contributed by atoms with E-state index in [-0.39, 0.29) is 18.5 Å². The highest BCUT2D eigenvalue weighted by Gasteiger charge is 2.05. The van der Waals surface area contributed by atoms with Crippen molar-refractivity contribution in [1.29, 1.82) is 0 Å². The van der Waals surface area contributed by atoms with Crippen molar-refractivity contribution in [1.82, 2.24) is 0 Å². The molecule has 0 unspecified atom stereocenters. The van der Waals surface area contributed by atoms with Crippen LogP contribution in [-0.2, 0) is 19.0 Å². The maximum absolute atomic E-state index is 11.3. The molecule has 0 saturated carbocycles. The molecule has 0 aliphatic carbocycles. The molecule has 0 amide bonds. The number of benzene rings is 1. The number of esters is 2. The summed E-state index contributed by atoms with van der Waals surface area (Å²) in [6, 6.07) is 6.84. The van der Waals surface area contributed by atoms with E-state index in [9.17, 15) is 9.59 Å². The number of hydrogen-bond donors (Lipinski definition) is 0. The molecule has 6 heteroatoms. The summed E-state index contributed by atoms with van der Waals surface area (Å²) in [6.45, 7) is 5.54. The summed E-state index contributed by atoms with van der Waals surface area (Å²) >= 11 is 0. The summed E-state index contributed by atoms with van der Waals surface area (Å²) in [6.07, 6.45) is 2.70. The van der Waals surface area contributed by atoms with Crippen LogP contribution in [0.1, 0.15) is 43.5 Å². The van der Waals surface area contributed by atoms with Gasteiger partial charge in [-0.15, -0.1) is 0 Å². The Balaban J connectivity index is 2.01. The van der Waals surface area contributed by atoms with Crippen LogP contribution in [-0.4, -0.2) is 45.5 Å². The molecule has 0 aliphatic heterocycles. The molecule has 0 atom stereocenters. The predicted octanol–water partition coefficient (Wildman–Crippen LogP) is 3.24. The lowest BCUT2D eigenvalue weighted by molar-refractivity contribution is -0.150. The third-order valence-corrected chi connectivity index (χ3v) is 3.27. The first-order valence-corrected chi connectivity index (χ1v) is 8.57. The van der Waals surface area contributed by atoms with Gasteiger partial charge in [0.25, 0.3) is 0 Å². The molecule has 1 aromatic carbocycles. The molecule has 0 N–H and O–H groups in total. The summed E-state index contributed by atoms with van der Waals surface area (Å²) in [5.41, 5.74) is 0.499. The summed E-state index contributed by atoms with van der Waals surface area (Å²) in [5.74, 6) is 0.379. The molecule has 0 heterocycles. The minimum absolute atomic E-state index is 0.00969. The van der Waals surface area contributed by atoms with Gasteiger partial charge in [0.05, 0.1) is 25.9 Å². The van der Waals surface area contributed by atoms with Crippen LogP contribution < -0.4 is 4.74 Å². The Labute approximate surface area is 149 Å². The quantitative estimate of drug-likeness (QED) is 0.425. The minimum atomic E-state index is -0.361. The number of methoxy groups -OCH3 is 1. The van der Waals surface area contributed by atoms with Crippen LogP contribution in [0.2, 0.25) is 0 Å². The van der Waals surface area contributed by atoms with E-state index in [1.54, 1.807) is 24.3 Å². The number of ether oxygens (including phenoxy) is 4. The van der Waals surface area contributed by atoms with Crippen molar-refractivity contribution in [2.75, 3.05) is 33.5 Å². The zero-order chi connectivity index (χ0) is 18.5. The van der Waals surface area contributed by atoms with Crippen molar-refractivity contribution in [3.8, 4) is 5.75 Å². The van der Waals surface area contributed by atoms with Gasteiger partial charge in [-0.2, -0.15) is 0 Å². The smallest absolute Gasteiger partial charge is 0.337 e. The van der Waals surface area contributed by atoms with E-state index in [0.717, 1.165) is 25.0 Å². The van der Waals surface area contributed by atoms with Crippen LogP contribution >= 0.6 is 0 Å². The van der Waals surface area contributed by atoms with Gasteiger partial charge in [0.2, 0.25) is 0 Å². The van der Waals surface area contributed by atoms with Crippen LogP contribution in [0, 0.1) is 5.92 Å². The highest BCUT2D eigenvalue weighted by atomic mass is 16.6. The molecule has 0 saturated heterocycles. The molecule has 0 bridgehead atoms. The first-order chi connectivity index (χ1) is 12.0. The van der Waals surface area contributed by atoms with Gasteiger partial charge in [-0.3, -0.25) is 0 Å². The Morgan fingerprint density at radius 2 is 1.68 bits per heavy atom. The summed E-state index contributed by atoms with van der Waals surface area (Å²) in [7, 11) is 1.35. The normalized spacial score (nSPS) is 10.6. The number of carbonyl (C=O) groups excluding carboxylic acids is 2. The van der Waals surface area contributed by atoms with Gasteiger partial charge in [-0.05, 0) is 49.4 Å². The second-order valence-corrected chi connectivity index (χ2v) is 6.05. The predicted molar refractivity (Wildman–Crippen MR) is 93.7 cm³/mol. The Morgan fingerprint density at radius 1 is 1.00 bits per heavy atom. The van der Waals surface area contributed by atoms with Crippen LogP contribution in [0.3, 0.4) is 0 Å². The third kappa shape index (κ3) is 9.72. The summed E-state index contributed by atoms with van der Waals surface area (Å²) in [5, 5.41) is 0. The lowest BCUT2D eigenvalue weighted by Crippen LogP contribution is -2.16. The van der Waals surface area contributed by atoms with Crippen molar-refractivity contribution in [2.45, 2.75) is 33.1 Å². The fraction of sp³-hybridized carbons (Fsp3) is 0.579. The molecule has 25 heavy (non-hydrogen) atoms. The number of unbranched alkanes of at least 4 members (excludes halogenated alkanes) is 2. The highest BCUT2D eigenvalue weighted by molar-refractivity contribution is 5.89. The highest BCUT2D eigenvalue weighted by Crippen LogP contribution is 2.13. The van der Waals surface area contributed by atoms with Gasteiger partial charge in [-0.1, -0.05) is 13.8 Å². The molecular weight excluding hydrogens is 324 g/mol. The van der Waals surface area contributed by atoms with Crippen molar-refractivity contribution < 1.29 is 28.5 Å². The van der Waals surface area contributed by atoms with Crippen LogP contribution in [0.25, 0.3) is 0 Å². The molecule has 0 aliphatic rings. The molecule has 1 aromatic rings. The number of carbonyl (C=O) groups is 2. The van der Waals surface area contributed by atoms with Gasteiger partial charge < -0.3 is 18.9 Å². The van der Waals surface area contributed by atoms with Crippen molar-refractivity contribution in [2.24, 2.45) is 5.92 Å². The fourth-order valence-electron chi connectivity index (χ4n) is 1.93.